The second-order valence-electron chi connectivity index (χ2n) is 9.57. The number of fused-ring (bicyclic) bond motifs is 5. The summed E-state index contributed by atoms with van der Waals surface area (Å²) in [5, 5.41) is 10.6. The summed E-state index contributed by atoms with van der Waals surface area (Å²) in [5.74, 6) is 2.29. The molecule has 5 atom stereocenters. The van der Waals surface area contributed by atoms with Crippen LogP contribution in [0.25, 0.3) is 0 Å². The summed E-state index contributed by atoms with van der Waals surface area (Å²) in [5.41, 5.74) is 4.65. The molecule has 2 saturated carbocycles. The van der Waals surface area contributed by atoms with Crippen LogP contribution in [0.15, 0.2) is 42.5 Å². The molecule has 2 aromatic carbocycles. The lowest BCUT2D eigenvalue weighted by molar-refractivity contribution is -0.0226. The number of carbonyl (C=O) groups is 1. The van der Waals surface area contributed by atoms with Crippen molar-refractivity contribution in [2.75, 3.05) is 0 Å². The van der Waals surface area contributed by atoms with Gasteiger partial charge in [0.1, 0.15) is 5.75 Å². The predicted octanol–water partition coefficient (Wildman–Crippen LogP) is 5.43. The third kappa shape index (κ3) is 2.93. The second kappa shape index (κ2) is 6.98. The molecule has 0 saturated heterocycles. The summed E-state index contributed by atoms with van der Waals surface area (Å²) in [6.45, 7) is 4.41. The largest absolute Gasteiger partial charge is 0.423 e. The minimum Gasteiger partial charge on any atom is -0.423 e. The SMILES string of the molecule is Cc1c(OC(=O)c2ccccc2)ccc2c1CC[C@H]1[C@@H]2CC[C@]2(C)[C@@H](O)CC[C@@H]12. The zero-order valence-electron chi connectivity index (χ0n) is 17.4. The number of esters is 1. The van der Waals surface area contributed by atoms with Gasteiger partial charge in [-0.2, -0.15) is 0 Å². The van der Waals surface area contributed by atoms with E-state index in [-0.39, 0.29) is 17.5 Å². The van der Waals surface area contributed by atoms with Crippen LogP contribution in [0.1, 0.15) is 72.0 Å². The Kier molecular flexibility index (Phi) is 4.54. The highest BCUT2D eigenvalue weighted by molar-refractivity contribution is 5.91. The Balaban J connectivity index is 1.42. The van der Waals surface area contributed by atoms with Crippen molar-refractivity contribution in [2.24, 2.45) is 17.3 Å². The van der Waals surface area contributed by atoms with E-state index in [1.54, 1.807) is 12.1 Å². The van der Waals surface area contributed by atoms with Gasteiger partial charge in [0.15, 0.2) is 0 Å². The van der Waals surface area contributed by atoms with Gasteiger partial charge in [0.25, 0.3) is 0 Å². The maximum atomic E-state index is 12.5. The fourth-order valence-electron chi connectivity index (χ4n) is 6.64. The normalized spacial score (nSPS) is 32.8. The van der Waals surface area contributed by atoms with E-state index in [0.29, 0.717) is 29.1 Å². The van der Waals surface area contributed by atoms with Crippen molar-refractivity contribution >= 4 is 5.97 Å². The number of hydrogen-bond acceptors (Lipinski definition) is 3. The Morgan fingerprint density at radius 1 is 1.07 bits per heavy atom. The van der Waals surface area contributed by atoms with Gasteiger partial charge < -0.3 is 9.84 Å². The molecule has 0 aliphatic heterocycles. The maximum Gasteiger partial charge on any atom is 0.343 e. The molecule has 0 radical (unpaired) electrons. The van der Waals surface area contributed by atoms with E-state index in [2.05, 4.69) is 19.9 Å². The fourth-order valence-corrected chi connectivity index (χ4v) is 6.64. The lowest BCUT2D eigenvalue weighted by atomic mass is 9.55. The van der Waals surface area contributed by atoms with Crippen molar-refractivity contribution in [3.05, 3.63) is 64.7 Å². The first kappa shape index (κ1) is 18.9. The highest BCUT2D eigenvalue weighted by Crippen LogP contribution is 2.61. The standard InChI is InChI=1S/C26H30O3/c1-16-18-8-9-21-20(14-15-26(2)22(21)11-13-24(26)27)19(18)10-12-23(16)29-25(28)17-6-4-3-5-7-17/h3-7,10,12,20-22,24,27H,8-9,11,13-15H2,1-2H3/t20-,21+,22+,24+,26+/m1/s1. The van der Waals surface area contributed by atoms with Crippen LogP contribution in [0, 0.1) is 24.2 Å². The molecule has 3 heteroatoms. The van der Waals surface area contributed by atoms with Crippen molar-refractivity contribution in [3.8, 4) is 5.75 Å². The number of benzene rings is 2. The Hall–Kier alpha value is -2.13. The molecule has 5 rings (SSSR count). The van der Waals surface area contributed by atoms with Gasteiger partial charge in [0.2, 0.25) is 0 Å². The molecule has 0 heterocycles. The molecule has 152 valence electrons. The molecular weight excluding hydrogens is 360 g/mol. The van der Waals surface area contributed by atoms with Crippen molar-refractivity contribution in [1.82, 2.24) is 0 Å². The fraction of sp³-hybridized carbons (Fsp3) is 0.500. The minimum atomic E-state index is -0.296. The summed E-state index contributed by atoms with van der Waals surface area (Å²) in [7, 11) is 0. The van der Waals surface area contributed by atoms with Crippen LogP contribution in [0.2, 0.25) is 0 Å². The molecule has 0 amide bonds. The lowest BCUT2D eigenvalue weighted by Crippen LogP contribution is -2.44. The number of carbonyl (C=O) groups excluding carboxylic acids is 1. The first-order valence-electron chi connectivity index (χ1n) is 11.1. The van der Waals surface area contributed by atoms with Gasteiger partial charge in [-0.25, -0.2) is 4.79 Å². The third-order valence-corrected chi connectivity index (χ3v) is 8.31. The molecular formula is C26H30O3. The summed E-state index contributed by atoms with van der Waals surface area (Å²) in [6, 6.07) is 13.4. The van der Waals surface area contributed by atoms with E-state index in [1.165, 1.54) is 24.0 Å². The van der Waals surface area contributed by atoms with E-state index in [1.807, 2.05) is 24.3 Å². The van der Waals surface area contributed by atoms with Gasteiger partial charge in [0, 0.05) is 0 Å². The van der Waals surface area contributed by atoms with E-state index in [9.17, 15) is 9.90 Å². The van der Waals surface area contributed by atoms with Gasteiger partial charge >= 0.3 is 5.97 Å². The number of rotatable bonds is 2. The molecule has 1 N–H and O–H groups in total. The van der Waals surface area contributed by atoms with Gasteiger partial charge in [-0.15, -0.1) is 0 Å². The summed E-state index contributed by atoms with van der Waals surface area (Å²) < 4.78 is 5.76. The van der Waals surface area contributed by atoms with E-state index in [4.69, 9.17) is 4.74 Å². The molecule has 0 aromatic heterocycles. The zero-order chi connectivity index (χ0) is 20.2. The van der Waals surface area contributed by atoms with E-state index < -0.39 is 0 Å². The molecule has 3 nitrogen and oxygen atoms in total. The highest BCUT2D eigenvalue weighted by Gasteiger charge is 2.54. The number of hydrogen-bond donors (Lipinski definition) is 1. The Labute approximate surface area is 173 Å². The topological polar surface area (TPSA) is 46.5 Å². The maximum absolute atomic E-state index is 12.5. The molecule has 2 fully saturated rings. The first-order valence-corrected chi connectivity index (χ1v) is 11.1. The lowest BCUT2D eigenvalue weighted by Gasteiger charge is -2.50. The Bertz CT molecular complexity index is 934. The van der Waals surface area contributed by atoms with Crippen LogP contribution in [0.3, 0.4) is 0 Å². The van der Waals surface area contributed by atoms with Gasteiger partial charge in [-0.1, -0.05) is 31.2 Å². The molecule has 3 aliphatic rings. The van der Waals surface area contributed by atoms with E-state index in [0.717, 1.165) is 31.2 Å². The van der Waals surface area contributed by atoms with Crippen LogP contribution in [0.4, 0.5) is 0 Å². The number of aliphatic hydroxyl groups excluding tert-OH is 1. The molecule has 0 spiro atoms. The smallest absolute Gasteiger partial charge is 0.343 e. The molecule has 3 aliphatic carbocycles. The molecule has 0 unspecified atom stereocenters. The molecule has 29 heavy (non-hydrogen) atoms. The minimum absolute atomic E-state index is 0.110. The average Bonchev–Trinajstić information content (AvgIpc) is 3.05. The second-order valence-corrected chi connectivity index (χ2v) is 9.57. The number of aliphatic hydroxyl groups is 1. The van der Waals surface area contributed by atoms with Crippen LogP contribution in [-0.4, -0.2) is 17.2 Å². The third-order valence-electron chi connectivity index (χ3n) is 8.31. The molecule has 0 bridgehead atoms. The van der Waals surface area contributed by atoms with Crippen LogP contribution in [0.5, 0.6) is 5.75 Å². The van der Waals surface area contributed by atoms with Crippen molar-refractivity contribution < 1.29 is 14.6 Å². The van der Waals surface area contributed by atoms with Crippen molar-refractivity contribution in [3.63, 3.8) is 0 Å². The summed E-state index contributed by atoms with van der Waals surface area (Å²) in [4.78, 5) is 12.5. The van der Waals surface area contributed by atoms with Crippen molar-refractivity contribution in [1.29, 1.82) is 0 Å². The summed E-state index contributed by atoms with van der Waals surface area (Å²) >= 11 is 0. The number of ether oxygens (including phenoxy) is 1. The Morgan fingerprint density at radius 2 is 1.86 bits per heavy atom. The van der Waals surface area contributed by atoms with Gasteiger partial charge in [0.05, 0.1) is 11.7 Å². The first-order chi connectivity index (χ1) is 14.0. The van der Waals surface area contributed by atoms with Crippen molar-refractivity contribution in [2.45, 2.75) is 64.4 Å². The zero-order valence-corrected chi connectivity index (χ0v) is 17.4. The average molecular weight is 391 g/mol. The quantitative estimate of drug-likeness (QED) is 0.549. The molecule has 2 aromatic rings. The predicted molar refractivity (Wildman–Crippen MR) is 113 cm³/mol. The van der Waals surface area contributed by atoms with Crippen LogP contribution < -0.4 is 4.74 Å². The van der Waals surface area contributed by atoms with Crippen LogP contribution >= 0.6 is 0 Å². The van der Waals surface area contributed by atoms with Gasteiger partial charge in [-0.3, -0.25) is 0 Å². The van der Waals surface area contributed by atoms with Gasteiger partial charge in [-0.05, 0) is 104 Å². The van der Waals surface area contributed by atoms with E-state index >= 15 is 0 Å². The summed E-state index contributed by atoms with van der Waals surface area (Å²) in [6.07, 6.45) is 6.50. The highest BCUT2D eigenvalue weighted by atomic mass is 16.5. The monoisotopic (exact) mass is 390 g/mol. The van der Waals surface area contributed by atoms with Crippen LogP contribution in [-0.2, 0) is 6.42 Å². The Morgan fingerprint density at radius 3 is 2.66 bits per heavy atom.